The minimum Gasteiger partial charge on any atom is -0.329 e. The van der Waals surface area contributed by atoms with Crippen LogP contribution in [-0.4, -0.2) is 65.6 Å². The Labute approximate surface area is 103 Å². The number of hydrogen-bond donors (Lipinski definition) is 1. The van der Waals surface area contributed by atoms with Crippen LogP contribution in [0.1, 0.15) is 19.3 Å². The van der Waals surface area contributed by atoms with E-state index in [1.54, 1.807) is 0 Å². The molecule has 2 N–H and O–H groups in total. The minimum absolute atomic E-state index is 0.323. The first-order chi connectivity index (χ1) is 7.84. The van der Waals surface area contributed by atoms with Crippen LogP contribution in [0.5, 0.6) is 0 Å². The molecule has 3 nitrogen and oxygen atoms in total. The molecule has 0 aromatic heterocycles. The summed E-state index contributed by atoms with van der Waals surface area (Å²) in [5.41, 5.74) is 6.43. The van der Waals surface area contributed by atoms with Crippen LogP contribution < -0.4 is 5.73 Å². The fraction of sp³-hybridized carbons (Fsp3) is 1.00. The Morgan fingerprint density at radius 2 is 1.94 bits per heavy atom. The van der Waals surface area contributed by atoms with Crippen molar-refractivity contribution in [3.63, 3.8) is 0 Å². The Morgan fingerprint density at radius 1 is 1.19 bits per heavy atom. The summed E-state index contributed by atoms with van der Waals surface area (Å²) >= 11 is 2.09. The SMILES string of the molecule is NCC1(N2CCSCC2)CCN(C2CC2)C1. The van der Waals surface area contributed by atoms with Gasteiger partial charge in [-0.25, -0.2) is 0 Å². The summed E-state index contributed by atoms with van der Waals surface area (Å²) < 4.78 is 0. The van der Waals surface area contributed by atoms with Gasteiger partial charge in [0.2, 0.25) is 0 Å². The Balaban J connectivity index is 1.67. The minimum atomic E-state index is 0.323. The molecular weight excluding hydrogens is 218 g/mol. The summed E-state index contributed by atoms with van der Waals surface area (Å²) in [7, 11) is 0. The van der Waals surface area contributed by atoms with Gasteiger partial charge in [0.1, 0.15) is 0 Å². The van der Waals surface area contributed by atoms with Crippen LogP contribution >= 0.6 is 11.8 Å². The van der Waals surface area contributed by atoms with Gasteiger partial charge in [0.15, 0.2) is 0 Å². The van der Waals surface area contributed by atoms with Crippen LogP contribution in [-0.2, 0) is 0 Å². The van der Waals surface area contributed by atoms with Gasteiger partial charge < -0.3 is 5.73 Å². The van der Waals surface area contributed by atoms with E-state index < -0.39 is 0 Å². The predicted molar refractivity (Wildman–Crippen MR) is 69.9 cm³/mol. The third kappa shape index (κ3) is 2.01. The van der Waals surface area contributed by atoms with Gasteiger partial charge >= 0.3 is 0 Å². The van der Waals surface area contributed by atoms with E-state index >= 15 is 0 Å². The van der Waals surface area contributed by atoms with Crippen LogP contribution in [0.25, 0.3) is 0 Å². The van der Waals surface area contributed by atoms with Gasteiger partial charge in [-0.15, -0.1) is 0 Å². The van der Waals surface area contributed by atoms with Crippen molar-refractivity contribution in [2.75, 3.05) is 44.2 Å². The van der Waals surface area contributed by atoms with Gasteiger partial charge in [-0.1, -0.05) is 0 Å². The quantitative estimate of drug-likeness (QED) is 0.784. The molecule has 0 bridgehead atoms. The molecule has 1 atom stereocenters. The first kappa shape index (κ1) is 11.3. The summed E-state index contributed by atoms with van der Waals surface area (Å²) in [4.78, 5) is 5.38. The molecule has 1 aliphatic carbocycles. The molecule has 1 saturated carbocycles. The second kappa shape index (κ2) is 4.48. The zero-order chi connectivity index (χ0) is 11.0. The summed E-state index contributed by atoms with van der Waals surface area (Å²) in [5, 5.41) is 0. The standard InChI is InChI=1S/C12H23N3S/c13-9-12(15-5-7-16-8-6-15)3-4-14(10-12)11-1-2-11/h11H,1-10,13H2. The normalized spacial score (nSPS) is 38.1. The van der Waals surface area contributed by atoms with Gasteiger partial charge in [0.05, 0.1) is 0 Å². The van der Waals surface area contributed by atoms with E-state index in [2.05, 4.69) is 21.6 Å². The third-order valence-electron chi connectivity index (χ3n) is 4.49. The van der Waals surface area contributed by atoms with Crippen molar-refractivity contribution in [1.82, 2.24) is 9.80 Å². The summed E-state index contributed by atoms with van der Waals surface area (Å²) in [6.07, 6.45) is 4.15. The highest BCUT2D eigenvalue weighted by molar-refractivity contribution is 7.99. The number of hydrogen-bond acceptors (Lipinski definition) is 4. The smallest absolute Gasteiger partial charge is 0.0471 e. The summed E-state index contributed by atoms with van der Waals surface area (Å²) in [6, 6.07) is 0.910. The zero-order valence-corrected chi connectivity index (χ0v) is 10.8. The Bertz CT molecular complexity index is 251. The first-order valence-corrected chi connectivity index (χ1v) is 7.76. The molecule has 4 heteroatoms. The maximum absolute atomic E-state index is 6.11. The van der Waals surface area contributed by atoms with E-state index in [-0.39, 0.29) is 0 Å². The first-order valence-electron chi connectivity index (χ1n) is 6.61. The lowest BCUT2D eigenvalue weighted by atomic mass is 9.96. The highest BCUT2D eigenvalue weighted by atomic mass is 32.2. The largest absolute Gasteiger partial charge is 0.329 e. The van der Waals surface area contributed by atoms with Gasteiger partial charge in [0.25, 0.3) is 0 Å². The van der Waals surface area contributed by atoms with E-state index in [4.69, 9.17) is 5.73 Å². The number of thioether (sulfide) groups is 1. The number of nitrogens with zero attached hydrogens (tertiary/aromatic N) is 2. The van der Waals surface area contributed by atoms with E-state index in [9.17, 15) is 0 Å². The third-order valence-corrected chi connectivity index (χ3v) is 5.43. The van der Waals surface area contributed by atoms with Crippen molar-refractivity contribution >= 4 is 11.8 Å². The van der Waals surface area contributed by atoms with Crippen molar-refractivity contribution in [3.05, 3.63) is 0 Å². The van der Waals surface area contributed by atoms with E-state index in [0.717, 1.165) is 12.6 Å². The van der Waals surface area contributed by atoms with Crippen molar-refractivity contribution in [3.8, 4) is 0 Å². The molecule has 3 aliphatic rings. The van der Waals surface area contributed by atoms with Crippen molar-refractivity contribution in [2.45, 2.75) is 30.8 Å². The predicted octanol–water partition coefficient (Wildman–Crippen LogP) is 0.601. The monoisotopic (exact) mass is 241 g/mol. The number of nitrogens with two attached hydrogens (primary N) is 1. The van der Waals surface area contributed by atoms with Gasteiger partial charge in [0, 0.05) is 55.8 Å². The molecule has 0 amide bonds. The number of likely N-dealkylation sites (tertiary alicyclic amines) is 1. The molecule has 2 saturated heterocycles. The Hall–Kier alpha value is 0.230. The lowest BCUT2D eigenvalue weighted by Gasteiger charge is -2.42. The lowest BCUT2D eigenvalue weighted by Crippen LogP contribution is -2.58. The number of rotatable bonds is 3. The summed E-state index contributed by atoms with van der Waals surface area (Å²) in [5.74, 6) is 2.59. The van der Waals surface area contributed by atoms with Crippen molar-refractivity contribution in [2.24, 2.45) is 5.73 Å². The second-order valence-electron chi connectivity index (χ2n) is 5.48. The fourth-order valence-electron chi connectivity index (χ4n) is 3.23. The molecule has 16 heavy (non-hydrogen) atoms. The van der Waals surface area contributed by atoms with Crippen LogP contribution in [0.4, 0.5) is 0 Å². The van der Waals surface area contributed by atoms with E-state index in [1.165, 1.54) is 56.9 Å². The molecule has 2 heterocycles. The fourth-order valence-corrected chi connectivity index (χ4v) is 4.13. The average molecular weight is 241 g/mol. The van der Waals surface area contributed by atoms with E-state index in [0.29, 0.717) is 5.54 Å². The maximum atomic E-state index is 6.11. The molecule has 3 rings (SSSR count). The highest BCUT2D eigenvalue weighted by Gasteiger charge is 2.45. The molecule has 92 valence electrons. The molecule has 3 fully saturated rings. The Morgan fingerprint density at radius 3 is 2.56 bits per heavy atom. The molecule has 0 aromatic carbocycles. The molecule has 2 aliphatic heterocycles. The van der Waals surface area contributed by atoms with Crippen LogP contribution in [0.2, 0.25) is 0 Å². The maximum Gasteiger partial charge on any atom is 0.0471 e. The average Bonchev–Trinajstić information content (AvgIpc) is 3.11. The summed E-state index contributed by atoms with van der Waals surface area (Å²) in [6.45, 7) is 5.87. The zero-order valence-electron chi connectivity index (χ0n) is 10.0. The van der Waals surface area contributed by atoms with Gasteiger partial charge in [-0.2, -0.15) is 11.8 Å². The molecule has 0 radical (unpaired) electrons. The van der Waals surface area contributed by atoms with Crippen molar-refractivity contribution < 1.29 is 0 Å². The molecule has 0 aromatic rings. The second-order valence-corrected chi connectivity index (χ2v) is 6.70. The highest BCUT2D eigenvalue weighted by Crippen LogP contribution is 2.36. The van der Waals surface area contributed by atoms with E-state index in [1.807, 2.05) is 0 Å². The molecule has 0 spiro atoms. The van der Waals surface area contributed by atoms with Gasteiger partial charge in [-0.05, 0) is 19.3 Å². The van der Waals surface area contributed by atoms with Crippen LogP contribution in [0.15, 0.2) is 0 Å². The van der Waals surface area contributed by atoms with Gasteiger partial charge in [-0.3, -0.25) is 9.80 Å². The van der Waals surface area contributed by atoms with Crippen LogP contribution in [0, 0.1) is 0 Å². The topological polar surface area (TPSA) is 32.5 Å². The van der Waals surface area contributed by atoms with Crippen LogP contribution in [0.3, 0.4) is 0 Å². The lowest BCUT2D eigenvalue weighted by molar-refractivity contribution is 0.109. The Kier molecular flexibility index (Phi) is 3.17. The molecule has 1 unspecified atom stereocenters. The van der Waals surface area contributed by atoms with Crippen molar-refractivity contribution in [1.29, 1.82) is 0 Å². The molecular formula is C12H23N3S.